The summed E-state index contributed by atoms with van der Waals surface area (Å²) < 4.78 is 0. The molecule has 1 aromatic rings. The molecule has 102 valence electrons. The molecule has 1 aliphatic rings. The highest BCUT2D eigenvalue weighted by Crippen LogP contribution is 2.22. The Kier molecular flexibility index (Phi) is 4.59. The smallest absolute Gasteiger partial charge is 0.265 e. The van der Waals surface area contributed by atoms with Gasteiger partial charge in [0.25, 0.3) is 5.91 Å². The summed E-state index contributed by atoms with van der Waals surface area (Å²) in [6.45, 7) is 1.94. The zero-order chi connectivity index (χ0) is 13.8. The van der Waals surface area contributed by atoms with Crippen molar-refractivity contribution in [1.29, 1.82) is 0 Å². The SMILES string of the molecule is CN(C)C1CCN(C(=O)c2sccc2C#CCN)C1. The summed E-state index contributed by atoms with van der Waals surface area (Å²) in [7, 11) is 4.11. The predicted molar refractivity (Wildman–Crippen MR) is 78.2 cm³/mol. The maximum absolute atomic E-state index is 12.5. The van der Waals surface area contributed by atoms with Gasteiger partial charge in [0.15, 0.2) is 0 Å². The molecule has 2 heterocycles. The summed E-state index contributed by atoms with van der Waals surface area (Å²) in [5.74, 6) is 5.88. The van der Waals surface area contributed by atoms with Crippen molar-refractivity contribution in [3.05, 3.63) is 21.9 Å². The fourth-order valence-electron chi connectivity index (χ4n) is 2.21. The van der Waals surface area contributed by atoms with Crippen molar-refractivity contribution in [3.63, 3.8) is 0 Å². The molecule has 1 amide bonds. The van der Waals surface area contributed by atoms with Crippen LogP contribution in [0.3, 0.4) is 0 Å². The van der Waals surface area contributed by atoms with Gasteiger partial charge in [0.2, 0.25) is 0 Å². The zero-order valence-electron chi connectivity index (χ0n) is 11.3. The van der Waals surface area contributed by atoms with E-state index in [4.69, 9.17) is 5.73 Å². The number of nitrogens with zero attached hydrogens (tertiary/aromatic N) is 2. The Bertz CT molecular complexity index is 512. The topological polar surface area (TPSA) is 49.6 Å². The lowest BCUT2D eigenvalue weighted by molar-refractivity contribution is 0.0787. The molecule has 0 aliphatic carbocycles. The Balaban J connectivity index is 2.11. The average molecular weight is 277 g/mol. The van der Waals surface area contributed by atoms with E-state index in [1.165, 1.54) is 11.3 Å². The molecule has 5 heteroatoms. The van der Waals surface area contributed by atoms with Crippen molar-refractivity contribution in [2.75, 3.05) is 33.7 Å². The van der Waals surface area contributed by atoms with Gasteiger partial charge in [-0.1, -0.05) is 11.8 Å². The van der Waals surface area contributed by atoms with Crippen molar-refractivity contribution in [2.45, 2.75) is 12.5 Å². The van der Waals surface area contributed by atoms with Gasteiger partial charge < -0.3 is 15.5 Å². The number of amides is 1. The molecule has 1 aromatic heterocycles. The second-order valence-electron chi connectivity index (χ2n) is 4.83. The van der Waals surface area contributed by atoms with Gasteiger partial charge in [-0.2, -0.15) is 0 Å². The largest absolute Gasteiger partial charge is 0.336 e. The highest BCUT2D eigenvalue weighted by Gasteiger charge is 2.29. The summed E-state index contributed by atoms with van der Waals surface area (Å²) in [6.07, 6.45) is 1.04. The molecule has 1 aliphatic heterocycles. The van der Waals surface area contributed by atoms with Crippen LogP contribution in [0.15, 0.2) is 11.4 Å². The molecule has 0 bridgehead atoms. The zero-order valence-corrected chi connectivity index (χ0v) is 12.2. The average Bonchev–Trinajstić information content (AvgIpc) is 3.04. The third-order valence-electron chi connectivity index (χ3n) is 3.37. The summed E-state index contributed by atoms with van der Waals surface area (Å²) in [5, 5.41) is 1.91. The number of carbonyl (C=O) groups excluding carboxylic acids is 1. The number of rotatable bonds is 2. The number of likely N-dealkylation sites (N-methyl/N-ethyl adjacent to an activating group) is 1. The number of carbonyl (C=O) groups is 1. The van der Waals surface area contributed by atoms with E-state index in [0.29, 0.717) is 12.6 Å². The second kappa shape index (κ2) is 6.20. The molecule has 19 heavy (non-hydrogen) atoms. The van der Waals surface area contributed by atoms with Crippen LogP contribution in [0.25, 0.3) is 0 Å². The van der Waals surface area contributed by atoms with Gasteiger partial charge in [-0.15, -0.1) is 11.3 Å². The number of likely N-dealkylation sites (tertiary alicyclic amines) is 1. The minimum Gasteiger partial charge on any atom is -0.336 e. The Labute approximate surface area is 118 Å². The molecule has 1 fully saturated rings. The van der Waals surface area contributed by atoms with Gasteiger partial charge >= 0.3 is 0 Å². The maximum Gasteiger partial charge on any atom is 0.265 e. The fourth-order valence-corrected chi connectivity index (χ4v) is 3.03. The Morgan fingerprint density at radius 2 is 2.42 bits per heavy atom. The Hall–Kier alpha value is -1.35. The van der Waals surface area contributed by atoms with E-state index in [9.17, 15) is 4.79 Å². The van der Waals surface area contributed by atoms with Crippen molar-refractivity contribution >= 4 is 17.2 Å². The van der Waals surface area contributed by atoms with E-state index in [0.717, 1.165) is 30.0 Å². The van der Waals surface area contributed by atoms with Crippen molar-refractivity contribution in [1.82, 2.24) is 9.80 Å². The Morgan fingerprint density at radius 3 is 3.05 bits per heavy atom. The van der Waals surface area contributed by atoms with E-state index >= 15 is 0 Å². The number of hydrogen-bond donors (Lipinski definition) is 1. The molecule has 2 N–H and O–H groups in total. The summed E-state index contributed by atoms with van der Waals surface area (Å²) in [5.41, 5.74) is 6.17. The second-order valence-corrected chi connectivity index (χ2v) is 5.74. The molecule has 0 aromatic carbocycles. The highest BCUT2D eigenvalue weighted by atomic mass is 32.1. The lowest BCUT2D eigenvalue weighted by atomic mass is 10.2. The number of nitrogens with two attached hydrogens (primary N) is 1. The van der Waals surface area contributed by atoms with E-state index in [1.807, 2.05) is 16.3 Å². The molecule has 4 nitrogen and oxygen atoms in total. The van der Waals surface area contributed by atoms with Crippen LogP contribution in [0.2, 0.25) is 0 Å². The summed E-state index contributed by atoms with van der Waals surface area (Å²) in [4.78, 5) is 17.3. The first-order chi connectivity index (χ1) is 9.13. The predicted octanol–water partition coefficient (Wildman–Crippen LogP) is 0.834. The lowest BCUT2D eigenvalue weighted by Gasteiger charge is -2.20. The van der Waals surface area contributed by atoms with Crippen molar-refractivity contribution in [2.24, 2.45) is 5.73 Å². The normalized spacial score (nSPS) is 18.5. The molecule has 0 radical (unpaired) electrons. The van der Waals surface area contributed by atoms with Gasteiger partial charge in [-0.3, -0.25) is 4.79 Å². The van der Waals surface area contributed by atoms with Crippen LogP contribution in [-0.4, -0.2) is 55.5 Å². The van der Waals surface area contributed by atoms with Gasteiger partial charge in [0.05, 0.1) is 6.54 Å². The molecule has 2 rings (SSSR count). The van der Waals surface area contributed by atoms with Crippen molar-refractivity contribution in [3.8, 4) is 11.8 Å². The number of thiophene rings is 1. The standard InChI is InChI=1S/C14H19N3OS/c1-16(2)12-5-8-17(10-12)14(18)13-11(4-3-7-15)6-9-19-13/h6,9,12H,5,7-8,10,15H2,1-2H3. The van der Waals surface area contributed by atoms with Crippen LogP contribution in [0.1, 0.15) is 21.7 Å². The van der Waals surface area contributed by atoms with Crippen LogP contribution in [0, 0.1) is 11.8 Å². The van der Waals surface area contributed by atoms with Crippen LogP contribution < -0.4 is 5.73 Å². The molecule has 0 saturated carbocycles. The van der Waals surface area contributed by atoms with Crippen LogP contribution in [0.5, 0.6) is 0 Å². The van der Waals surface area contributed by atoms with E-state index in [-0.39, 0.29) is 5.91 Å². The van der Waals surface area contributed by atoms with Crippen molar-refractivity contribution < 1.29 is 4.79 Å². The summed E-state index contributed by atoms with van der Waals surface area (Å²) in [6, 6.07) is 2.35. The molecule has 1 saturated heterocycles. The van der Waals surface area contributed by atoms with Gasteiger partial charge in [0.1, 0.15) is 4.88 Å². The van der Waals surface area contributed by atoms with Gasteiger partial charge in [0, 0.05) is 24.7 Å². The third kappa shape index (κ3) is 3.16. The van der Waals surface area contributed by atoms with E-state index in [1.54, 1.807) is 0 Å². The monoisotopic (exact) mass is 277 g/mol. The van der Waals surface area contributed by atoms with Gasteiger partial charge in [-0.25, -0.2) is 0 Å². The molecule has 0 spiro atoms. The van der Waals surface area contributed by atoms with Crippen LogP contribution >= 0.6 is 11.3 Å². The highest BCUT2D eigenvalue weighted by molar-refractivity contribution is 7.12. The molecule has 1 unspecified atom stereocenters. The first-order valence-corrected chi connectivity index (χ1v) is 7.23. The first kappa shape index (κ1) is 14.1. The molecular weight excluding hydrogens is 258 g/mol. The van der Waals surface area contributed by atoms with Gasteiger partial charge in [-0.05, 0) is 32.0 Å². The van der Waals surface area contributed by atoms with Crippen LogP contribution in [-0.2, 0) is 0 Å². The first-order valence-electron chi connectivity index (χ1n) is 6.35. The molecule has 1 atom stereocenters. The number of hydrogen-bond acceptors (Lipinski definition) is 4. The minimum atomic E-state index is 0.0978. The van der Waals surface area contributed by atoms with Crippen LogP contribution in [0.4, 0.5) is 0 Å². The molecular formula is C14H19N3OS. The van der Waals surface area contributed by atoms with E-state index in [2.05, 4.69) is 30.8 Å². The van der Waals surface area contributed by atoms with E-state index < -0.39 is 0 Å². The maximum atomic E-state index is 12.5. The third-order valence-corrected chi connectivity index (χ3v) is 4.27. The lowest BCUT2D eigenvalue weighted by Crippen LogP contribution is -2.34. The summed E-state index contributed by atoms with van der Waals surface area (Å²) >= 11 is 1.46. The quantitative estimate of drug-likeness (QED) is 0.815. The minimum absolute atomic E-state index is 0.0978. The Morgan fingerprint density at radius 1 is 1.63 bits per heavy atom. The fraction of sp³-hybridized carbons (Fsp3) is 0.500.